The smallest absolute Gasteiger partial charge is 0.152 e. The van der Waals surface area contributed by atoms with Crippen molar-refractivity contribution in [1.29, 1.82) is 0 Å². The lowest BCUT2D eigenvalue weighted by Gasteiger charge is -2.22. The Morgan fingerprint density at radius 2 is 2.00 bits per heavy atom. The molecule has 1 aliphatic rings. The molecule has 0 amide bonds. The first-order valence-corrected chi connectivity index (χ1v) is 8.33. The molecule has 0 N–H and O–H groups in total. The molecule has 0 aliphatic carbocycles. The Labute approximate surface area is 115 Å². The molecule has 2 rings (SSSR count). The van der Waals surface area contributed by atoms with E-state index in [4.69, 9.17) is 0 Å². The van der Waals surface area contributed by atoms with Gasteiger partial charge < -0.3 is 4.90 Å². The van der Waals surface area contributed by atoms with Crippen molar-refractivity contribution in [1.82, 2.24) is 0 Å². The quantitative estimate of drug-likeness (QED) is 0.776. The van der Waals surface area contributed by atoms with Gasteiger partial charge in [-0.05, 0) is 40.5 Å². The molecule has 1 heterocycles. The number of rotatable bonds is 2. The molecule has 98 valence electrons. The van der Waals surface area contributed by atoms with E-state index in [-0.39, 0.29) is 11.5 Å². The average molecular weight is 332 g/mol. The molecule has 0 aromatic heterocycles. The average Bonchev–Trinajstić information content (AvgIpc) is 2.50. The van der Waals surface area contributed by atoms with E-state index in [1.54, 1.807) is 6.07 Å². The van der Waals surface area contributed by atoms with Crippen molar-refractivity contribution in [3.8, 4) is 0 Å². The Hall–Kier alpha value is -0.880. The van der Waals surface area contributed by atoms with Crippen LogP contribution in [0, 0.1) is 0 Å². The summed E-state index contributed by atoms with van der Waals surface area (Å²) in [5.41, 5.74) is 1.55. The van der Waals surface area contributed by atoms with E-state index in [2.05, 4.69) is 15.9 Å². The largest absolute Gasteiger partial charge is 0.370 e. The number of nitrogens with zero attached hydrogens (tertiary/aromatic N) is 1. The molecule has 1 fully saturated rings. The fraction of sp³-hybridized carbons (Fsp3) is 0.417. The molecule has 1 aliphatic heterocycles. The fourth-order valence-electron chi connectivity index (χ4n) is 2.00. The predicted molar refractivity (Wildman–Crippen MR) is 75.0 cm³/mol. The van der Waals surface area contributed by atoms with E-state index < -0.39 is 9.84 Å². The molecule has 18 heavy (non-hydrogen) atoms. The zero-order valence-corrected chi connectivity index (χ0v) is 12.2. The maximum Gasteiger partial charge on any atom is 0.152 e. The lowest BCUT2D eigenvalue weighted by molar-refractivity contribution is 0.112. The molecule has 0 radical (unpaired) electrons. The Kier molecular flexibility index (Phi) is 4.07. The topological polar surface area (TPSA) is 54.5 Å². The molecule has 1 aromatic carbocycles. The van der Waals surface area contributed by atoms with E-state index >= 15 is 0 Å². The van der Waals surface area contributed by atoms with Crippen LogP contribution in [0.2, 0.25) is 0 Å². The lowest BCUT2D eigenvalue weighted by Crippen LogP contribution is -2.26. The molecule has 0 bridgehead atoms. The molecule has 0 atom stereocenters. The Morgan fingerprint density at radius 1 is 1.22 bits per heavy atom. The molecule has 0 spiro atoms. The summed E-state index contributed by atoms with van der Waals surface area (Å²) in [4.78, 5) is 12.8. The highest BCUT2D eigenvalue weighted by Crippen LogP contribution is 2.24. The van der Waals surface area contributed by atoms with Crippen LogP contribution in [0.15, 0.2) is 22.7 Å². The van der Waals surface area contributed by atoms with Gasteiger partial charge in [-0.15, -0.1) is 0 Å². The van der Waals surface area contributed by atoms with Crippen molar-refractivity contribution in [2.24, 2.45) is 0 Å². The summed E-state index contributed by atoms with van der Waals surface area (Å²) in [7, 11) is -2.89. The van der Waals surface area contributed by atoms with Crippen LogP contribution in [0.4, 0.5) is 5.69 Å². The highest BCUT2D eigenvalue weighted by Gasteiger charge is 2.19. The van der Waals surface area contributed by atoms with Gasteiger partial charge >= 0.3 is 0 Å². The minimum absolute atomic E-state index is 0.194. The van der Waals surface area contributed by atoms with Crippen molar-refractivity contribution in [3.05, 3.63) is 28.2 Å². The summed E-state index contributed by atoms with van der Waals surface area (Å²) in [5.74, 6) is 0.455. The van der Waals surface area contributed by atoms with E-state index in [0.717, 1.165) is 23.0 Å². The summed E-state index contributed by atoms with van der Waals surface area (Å²) in [6.07, 6.45) is 1.44. The number of aldehydes is 1. The number of anilines is 1. The van der Waals surface area contributed by atoms with E-state index in [1.807, 2.05) is 17.0 Å². The minimum atomic E-state index is -2.89. The van der Waals surface area contributed by atoms with Gasteiger partial charge in [-0.2, -0.15) is 0 Å². The Morgan fingerprint density at radius 3 is 2.67 bits per heavy atom. The number of hydrogen-bond acceptors (Lipinski definition) is 4. The molecular weight excluding hydrogens is 318 g/mol. The molecule has 4 nitrogen and oxygen atoms in total. The van der Waals surface area contributed by atoms with Gasteiger partial charge in [-0.1, -0.05) is 0 Å². The molecule has 6 heteroatoms. The first kappa shape index (κ1) is 13.5. The third-order valence-corrected chi connectivity index (χ3v) is 5.43. The monoisotopic (exact) mass is 331 g/mol. The highest BCUT2D eigenvalue weighted by molar-refractivity contribution is 9.10. The summed E-state index contributed by atoms with van der Waals surface area (Å²) in [6, 6.07) is 5.46. The van der Waals surface area contributed by atoms with Gasteiger partial charge in [0.1, 0.15) is 0 Å². The molecular formula is C12H14BrNO3S. The number of benzene rings is 1. The Balaban J connectivity index is 2.21. The van der Waals surface area contributed by atoms with Crippen LogP contribution >= 0.6 is 15.9 Å². The third kappa shape index (κ3) is 3.11. The molecule has 1 aromatic rings. The standard InChI is InChI=1S/C12H14BrNO3S/c13-12-8-11(3-2-10(12)9-15)14-4-1-6-18(16,17)7-5-14/h2-3,8-9H,1,4-7H2. The molecule has 0 unspecified atom stereocenters. The van der Waals surface area contributed by atoms with Crippen molar-refractivity contribution in [2.75, 3.05) is 29.5 Å². The van der Waals surface area contributed by atoms with Crippen LogP contribution in [0.25, 0.3) is 0 Å². The van der Waals surface area contributed by atoms with E-state index in [1.165, 1.54) is 0 Å². The number of carbonyl (C=O) groups excluding carboxylic acids is 1. The van der Waals surface area contributed by atoms with Crippen LogP contribution in [0.5, 0.6) is 0 Å². The Bertz CT molecular complexity index is 556. The van der Waals surface area contributed by atoms with Crippen LogP contribution in [0.1, 0.15) is 16.8 Å². The second kappa shape index (κ2) is 5.40. The van der Waals surface area contributed by atoms with E-state index in [0.29, 0.717) is 18.5 Å². The number of sulfone groups is 1. The second-order valence-electron chi connectivity index (χ2n) is 4.32. The number of carbonyl (C=O) groups is 1. The number of halogens is 1. The third-order valence-electron chi connectivity index (χ3n) is 3.03. The van der Waals surface area contributed by atoms with Crippen molar-refractivity contribution in [3.63, 3.8) is 0 Å². The normalized spacial score (nSPS) is 19.3. The predicted octanol–water partition coefficient (Wildman–Crippen LogP) is 1.89. The first-order chi connectivity index (χ1) is 8.52. The summed E-state index contributed by atoms with van der Waals surface area (Å²) in [6.45, 7) is 1.24. The minimum Gasteiger partial charge on any atom is -0.370 e. The molecule has 0 saturated carbocycles. The fourth-order valence-corrected chi connectivity index (χ4v) is 3.74. The van der Waals surface area contributed by atoms with Gasteiger partial charge in [0.05, 0.1) is 11.5 Å². The van der Waals surface area contributed by atoms with Gasteiger partial charge in [-0.25, -0.2) is 8.42 Å². The van der Waals surface area contributed by atoms with Crippen LogP contribution in [0.3, 0.4) is 0 Å². The first-order valence-electron chi connectivity index (χ1n) is 5.72. The van der Waals surface area contributed by atoms with Gasteiger partial charge in [0.25, 0.3) is 0 Å². The molecule has 1 saturated heterocycles. The summed E-state index contributed by atoms with van der Waals surface area (Å²) < 4.78 is 23.8. The van der Waals surface area contributed by atoms with Gasteiger partial charge in [-0.3, -0.25) is 4.79 Å². The van der Waals surface area contributed by atoms with Gasteiger partial charge in [0, 0.05) is 28.8 Å². The zero-order valence-electron chi connectivity index (χ0n) is 9.80. The van der Waals surface area contributed by atoms with Crippen LogP contribution in [-0.2, 0) is 9.84 Å². The van der Waals surface area contributed by atoms with Crippen molar-refractivity contribution in [2.45, 2.75) is 6.42 Å². The van der Waals surface area contributed by atoms with Crippen molar-refractivity contribution >= 4 is 37.7 Å². The van der Waals surface area contributed by atoms with Gasteiger partial charge in [0.2, 0.25) is 0 Å². The maximum absolute atomic E-state index is 11.5. The number of hydrogen-bond donors (Lipinski definition) is 0. The van der Waals surface area contributed by atoms with Crippen LogP contribution in [-0.4, -0.2) is 39.3 Å². The van der Waals surface area contributed by atoms with Crippen LogP contribution < -0.4 is 4.90 Å². The lowest BCUT2D eigenvalue weighted by atomic mass is 10.2. The van der Waals surface area contributed by atoms with Gasteiger partial charge in [0.15, 0.2) is 16.1 Å². The summed E-state index contributed by atoms with van der Waals surface area (Å²) in [5, 5.41) is 0. The zero-order chi connectivity index (χ0) is 13.2. The summed E-state index contributed by atoms with van der Waals surface area (Å²) >= 11 is 3.34. The van der Waals surface area contributed by atoms with E-state index in [9.17, 15) is 13.2 Å². The maximum atomic E-state index is 11.5. The highest BCUT2D eigenvalue weighted by atomic mass is 79.9. The SMILES string of the molecule is O=Cc1ccc(N2CCCS(=O)(=O)CC2)cc1Br. The second-order valence-corrected chi connectivity index (χ2v) is 7.47. The van der Waals surface area contributed by atoms with Crippen molar-refractivity contribution < 1.29 is 13.2 Å².